The van der Waals surface area contributed by atoms with E-state index in [9.17, 15) is 35.5 Å². The highest BCUT2D eigenvalue weighted by molar-refractivity contribution is 6.04. The van der Waals surface area contributed by atoms with Crippen molar-refractivity contribution in [3.8, 4) is 0 Å². The molecule has 45 heavy (non-hydrogen) atoms. The van der Waals surface area contributed by atoms with E-state index in [1.54, 1.807) is 30.5 Å². The molecule has 0 saturated carbocycles. The summed E-state index contributed by atoms with van der Waals surface area (Å²) in [7, 11) is 2.09. The molecule has 1 unspecified atom stereocenters. The zero-order chi connectivity index (χ0) is 33.8. The number of hydrogen-bond acceptors (Lipinski definition) is 6. The van der Waals surface area contributed by atoms with Crippen molar-refractivity contribution in [2.45, 2.75) is 37.8 Å². The summed E-state index contributed by atoms with van der Waals surface area (Å²) in [5, 5.41) is 17.2. The Labute approximate surface area is 252 Å². The van der Waals surface area contributed by atoms with Gasteiger partial charge in [-0.25, -0.2) is 19.0 Å². The van der Waals surface area contributed by atoms with Crippen molar-refractivity contribution < 1.29 is 55.3 Å². The van der Waals surface area contributed by atoms with E-state index in [4.69, 9.17) is 19.8 Å². The number of carbonyl (C=O) groups excluding carboxylic acids is 1. The lowest BCUT2D eigenvalue weighted by atomic mass is 10.0. The maximum Gasteiger partial charge on any atom is 0.490 e. The van der Waals surface area contributed by atoms with Gasteiger partial charge in [-0.2, -0.15) is 26.3 Å². The number of alkyl halides is 6. The van der Waals surface area contributed by atoms with Crippen LogP contribution in [-0.2, 0) is 16.1 Å². The molecule has 1 aliphatic rings. The minimum atomic E-state index is -5.08. The number of aliphatic carboxylic acids is 2. The van der Waals surface area contributed by atoms with Gasteiger partial charge in [-0.05, 0) is 55.8 Å². The molecule has 0 radical (unpaired) electrons. The van der Waals surface area contributed by atoms with Gasteiger partial charge in [0, 0.05) is 49.2 Å². The number of pyridine rings is 1. The Morgan fingerprint density at radius 1 is 0.933 bits per heavy atom. The SMILES string of the molecule is CN(Cc1cccc(F)c1)C1CCCN(c2cc(NC(=O)c3ccccc3)ccn2)C1.O=C(O)C(F)(F)F.O=C(O)C(F)(F)F. The van der Waals surface area contributed by atoms with Crippen LogP contribution >= 0.6 is 0 Å². The summed E-state index contributed by atoms with van der Waals surface area (Å²) >= 11 is 0. The molecule has 1 atom stereocenters. The fraction of sp³-hybridized carbons (Fsp3) is 0.310. The summed E-state index contributed by atoms with van der Waals surface area (Å²) in [6.45, 7) is 2.47. The Hall–Kier alpha value is -4.73. The van der Waals surface area contributed by atoms with Gasteiger partial charge < -0.3 is 20.4 Å². The van der Waals surface area contributed by atoms with Crippen molar-refractivity contribution in [2.24, 2.45) is 0 Å². The van der Waals surface area contributed by atoms with E-state index in [0.29, 0.717) is 18.2 Å². The van der Waals surface area contributed by atoms with Gasteiger partial charge in [0.1, 0.15) is 11.6 Å². The van der Waals surface area contributed by atoms with E-state index >= 15 is 0 Å². The first-order valence-corrected chi connectivity index (χ1v) is 13.1. The van der Waals surface area contributed by atoms with Crippen LogP contribution in [-0.4, -0.2) is 76.5 Å². The molecule has 0 bridgehead atoms. The Balaban J connectivity index is 0.000000421. The summed E-state index contributed by atoms with van der Waals surface area (Å²) in [5.41, 5.74) is 2.33. The number of carbonyl (C=O) groups is 3. The van der Waals surface area contributed by atoms with Crippen LogP contribution in [0.15, 0.2) is 72.9 Å². The van der Waals surface area contributed by atoms with E-state index in [1.807, 2.05) is 36.4 Å². The fourth-order valence-electron chi connectivity index (χ4n) is 4.04. The van der Waals surface area contributed by atoms with E-state index in [-0.39, 0.29) is 11.7 Å². The van der Waals surface area contributed by atoms with Gasteiger partial charge >= 0.3 is 24.3 Å². The second-order valence-electron chi connectivity index (χ2n) is 9.62. The quantitative estimate of drug-likeness (QED) is 0.286. The normalized spacial score (nSPS) is 14.8. The molecule has 0 aliphatic carbocycles. The second-order valence-corrected chi connectivity index (χ2v) is 9.62. The third kappa shape index (κ3) is 12.8. The number of nitrogens with one attached hydrogen (secondary N) is 1. The molecular formula is C29H29F7N4O5. The Morgan fingerprint density at radius 2 is 1.53 bits per heavy atom. The van der Waals surface area contributed by atoms with E-state index < -0.39 is 24.3 Å². The first kappa shape index (κ1) is 36.5. The third-order valence-corrected chi connectivity index (χ3v) is 6.19. The lowest BCUT2D eigenvalue weighted by Gasteiger charge is -2.38. The summed E-state index contributed by atoms with van der Waals surface area (Å²) in [6, 6.07) is 20.0. The second kappa shape index (κ2) is 16.4. The van der Waals surface area contributed by atoms with Crippen LogP contribution in [0.2, 0.25) is 0 Å². The van der Waals surface area contributed by atoms with Crippen molar-refractivity contribution in [1.82, 2.24) is 9.88 Å². The number of benzene rings is 2. The highest BCUT2D eigenvalue weighted by Crippen LogP contribution is 2.24. The number of piperidine rings is 1. The molecule has 2 heterocycles. The molecule has 0 spiro atoms. The molecule has 2 aromatic carbocycles. The lowest BCUT2D eigenvalue weighted by molar-refractivity contribution is -0.193. The van der Waals surface area contributed by atoms with E-state index in [1.165, 1.54) is 6.07 Å². The minimum absolute atomic E-state index is 0.135. The Bertz CT molecular complexity index is 1400. The maximum absolute atomic E-state index is 13.5. The standard InChI is InChI=1S/C25H27FN4O.2C2HF3O2/c1-29(17-19-7-5-10-21(26)15-19)23-11-6-14-30(18-23)24-16-22(12-13-27-24)28-25(31)20-8-3-2-4-9-20;2*3-2(4,5)1(6)7/h2-5,7-10,12-13,15-16,23H,6,11,14,17-18H2,1H3,(H,27,28,31);2*(H,6,7). The van der Waals surface area contributed by atoms with E-state index in [2.05, 4.69) is 27.1 Å². The highest BCUT2D eigenvalue weighted by Gasteiger charge is 2.38. The van der Waals surface area contributed by atoms with Gasteiger partial charge in [0.2, 0.25) is 0 Å². The van der Waals surface area contributed by atoms with Crippen LogP contribution in [0, 0.1) is 5.82 Å². The van der Waals surface area contributed by atoms with Gasteiger partial charge in [-0.3, -0.25) is 9.69 Å². The Kier molecular flexibility index (Phi) is 13.3. The third-order valence-electron chi connectivity index (χ3n) is 6.19. The van der Waals surface area contributed by atoms with Crippen LogP contribution in [0.3, 0.4) is 0 Å². The van der Waals surface area contributed by atoms with Crippen LogP contribution in [0.5, 0.6) is 0 Å². The van der Waals surface area contributed by atoms with Gasteiger partial charge in [0.25, 0.3) is 5.91 Å². The molecule has 1 fully saturated rings. The molecule has 1 amide bonds. The first-order valence-electron chi connectivity index (χ1n) is 13.1. The monoisotopic (exact) mass is 646 g/mol. The number of hydrogen-bond donors (Lipinski definition) is 3. The number of halogens is 7. The molecule has 16 heteroatoms. The summed E-state index contributed by atoms with van der Waals surface area (Å²) in [5.74, 6) is -4.99. The van der Waals surface area contributed by atoms with Crippen molar-refractivity contribution in [3.63, 3.8) is 0 Å². The molecular weight excluding hydrogens is 617 g/mol. The average Bonchev–Trinajstić information content (AvgIpc) is 2.97. The molecule has 244 valence electrons. The summed E-state index contributed by atoms with van der Waals surface area (Å²) < 4.78 is 77.0. The molecule has 4 rings (SSSR count). The van der Waals surface area contributed by atoms with Crippen molar-refractivity contribution >= 4 is 29.4 Å². The van der Waals surface area contributed by atoms with Crippen LogP contribution in [0.1, 0.15) is 28.8 Å². The average molecular weight is 647 g/mol. The molecule has 1 saturated heterocycles. The zero-order valence-electron chi connectivity index (χ0n) is 23.6. The zero-order valence-corrected chi connectivity index (χ0v) is 23.6. The largest absolute Gasteiger partial charge is 0.490 e. The predicted octanol–water partition coefficient (Wildman–Crippen LogP) is 5.84. The minimum Gasteiger partial charge on any atom is -0.475 e. The number of carboxylic acids is 2. The Morgan fingerprint density at radius 3 is 2.09 bits per heavy atom. The van der Waals surface area contributed by atoms with Crippen LogP contribution in [0.25, 0.3) is 0 Å². The number of carboxylic acid groups (broad SMARTS) is 2. The number of aromatic nitrogens is 1. The molecule has 1 aliphatic heterocycles. The number of amides is 1. The predicted molar refractivity (Wildman–Crippen MR) is 149 cm³/mol. The maximum atomic E-state index is 13.5. The van der Waals surface area contributed by atoms with Gasteiger partial charge in [-0.1, -0.05) is 30.3 Å². The molecule has 1 aromatic heterocycles. The van der Waals surface area contributed by atoms with Crippen LogP contribution in [0.4, 0.5) is 42.2 Å². The number of likely N-dealkylation sites (N-methyl/N-ethyl adjacent to an activating group) is 1. The molecule has 3 N–H and O–H groups in total. The number of rotatable bonds is 6. The van der Waals surface area contributed by atoms with Crippen molar-refractivity contribution in [3.05, 3.63) is 89.9 Å². The highest BCUT2D eigenvalue weighted by atomic mass is 19.4. The molecule has 9 nitrogen and oxygen atoms in total. The van der Waals surface area contributed by atoms with Crippen molar-refractivity contribution in [1.29, 1.82) is 0 Å². The summed E-state index contributed by atoms with van der Waals surface area (Å²) in [6.07, 6.45) is -6.29. The summed E-state index contributed by atoms with van der Waals surface area (Å²) in [4.78, 5) is 39.3. The van der Waals surface area contributed by atoms with Crippen molar-refractivity contribution in [2.75, 3.05) is 30.4 Å². The van der Waals surface area contributed by atoms with Crippen LogP contribution < -0.4 is 10.2 Å². The smallest absolute Gasteiger partial charge is 0.475 e. The first-order chi connectivity index (χ1) is 21.0. The van der Waals surface area contributed by atoms with Gasteiger partial charge in [-0.15, -0.1) is 0 Å². The van der Waals surface area contributed by atoms with Gasteiger partial charge in [0.15, 0.2) is 0 Å². The topological polar surface area (TPSA) is 123 Å². The number of nitrogens with zero attached hydrogens (tertiary/aromatic N) is 3. The fourth-order valence-corrected chi connectivity index (χ4v) is 4.04. The number of anilines is 2. The molecule has 3 aromatic rings. The van der Waals surface area contributed by atoms with E-state index in [0.717, 1.165) is 43.0 Å². The van der Waals surface area contributed by atoms with Gasteiger partial charge in [0.05, 0.1) is 0 Å². The lowest BCUT2D eigenvalue weighted by Crippen LogP contribution is -2.46.